The first-order chi connectivity index (χ1) is 12.3. The van der Waals surface area contributed by atoms with Crippen LogP contribution in [0.4, 0.5) is 5.69 Å². The van der Waals surface area contributed by atoms with E-state index in [0.717, 1.165) is 16.8 Å². The van der Waals surface area contributed by atoms with E-state index in [-0.39, 0.29) is 10.0 Å². The largest absolute Gasteiger partial charge is 0.457 e. The number of nitrogens with one attached hydrogen (secondary N) is 1. The second-order valence-corrected chi connectivity index (χ2v) is 6.87. The number of hydrogen-bond acceptors (Lipinski definition) is 7. The molecule has 0 atom stereocenters. The Balaban J connectivity index is 1.81. The molecule has 1 aromatic heterocycles. The van der Waals surface area contributed by atoms with Crippen molar-refractivity contribution in [3.63, 3.8) is 0 Å². The first kappa shape index (κ1) is 17.8. The van der Waals surface area contributed by atoms with Gasteiger partial charge in [0, 0.05) is 30.7 Å². The molecule has 0 aliphatic carbocycles. The lowest BCUT2D eigenvalue weighted by Gasteiger charge is -2.13. The summed E-state index contributed by atoms with van der Waals surface area (Å²) < 4.78 is 5.89. The first-order valence-electron chi connectivity index (χ1n) is 7.25. The number of benzene rings is 1. The Morgan fingerprint density at radius 2 is 2.00 bits per heavy atom. The first-order valence-corrected chi connectivity index (χ1v) is 8.47. The molecule has 1 N–H and O–H groups in total. The molecule has 0 spiro atoms. The summed E-state index contributed by atoms with van der Waals surface area (Å²) in [5.41, 5.74) is 3.01. The number of nitro benzene ring substituents is 1. The number of rotatable bonds is 4. The molecule has 132 valence electrons. The number of thioether (sulfide) groups is 1. The highest BCUT2D eigenvalue weighted by atomic mass is 32.2. The van der Waals surface area contributed by atoms with Crippen molar-refractivity contribution in [2.75, 3.05) is 0 Å². The lowest BCUT2D eigenvalue weighted by atomic mass is 10.1. The Hall–Kier alpha value is -2.98. The predicted molar refractivity (Wildman–Crippen MR) is 99.6 cm³/mol. The van der Waals surface area contributed by atoms with Crippen molar-refractivity contribution in [1.29, 1.82) is 0 Å². The fourth-order valence-corrected chi connectivity index (χ4v) is 3.34. The van der Waals surface area contributed by atoms with Gasteiger partial charge in [-0.3, -0.25) is 25.1 Å². The minimum Gasteiger partial charge on any atom is -0.457 e. The minimum atomic E-state index is -0.478. The van der Waals surface area contributed by atoms with Crippen molar-refractivity contribution in [1.82, 2.24) is 10.4 Å². The van der Waals surface area contributed by atoms with Crippen LogP contribution in [0.3, 0.4) is 0 Å². The number of thiocarbonyl (C=S) groups is 1. The molecule has 8 nitrogen and oxygen atoms in total. The molecule has 2 heterocycles. The lowest BCUT2D eigenvalue weighted by Crippen LogP contribution is -2.43. The van der Waals surface area contributed by atoms with Gasteiger partial charge in [0.2, 0.25) is 5.91 Å². The van der Waals surface area contributed by atoms with Crippen molar-refractivity contribution in [2.45, 2.75) is 6.92 Å². The average Bonchev–Trinajstić information content (AvgIpc) is 3.15. The monoisotopic (exact) mass is 389 g/mol. The highest BCUT2D eigenvalue weighted by molar-refractivity contribution is 8.26. The quantitative estimate of drug-likeness (QED) is 0.371. The number of nitrogens with zero attached hydrogens (tertiary/aromatic N) is 2. The highest BCUT2D eigenvalue weighted by Crippen LogP contribution is 2.32. The van der Waals surface area contributed by atoms with Crippen LogP contribution in [0.2, 0.25) is 0 Å². The van der Waals surface area contributed by atoms with Crippen LogP contribution >= 0.6 is 24.0 Å². The van der Waals surface area contributed by atoms with E-state index in [0.29, 0.717) is 22.0 Å². The molecule has 1 aliphatic rings. The van der Waals surface area contributed by atoms with E-state index in [1.54, 1.807) is 24.3 Å². The third kappa shape index (κ3) is 3.65. The second-order valence-electron chi connectivity index (χ2n) is 5.19. The van der Waals surface area contributed by atoms with Crippen molar-refractivity contribution in [2.24, 2.45) is 0 Å². The Morgan fingerprint density at radius 1 is 1.31 bits per heavy atom. The molecule has 0 unspecified atom stereocenters. The van der Waals surface area contributed by atoms with Crippen molar-refractivity contribution < 1.29 is 18.9 Å². The molecule has 3 rings (SSSR count). The van der Waals surface area contributed by atoms with Crippen LogP contribution in [-0.2, 0) is 9.59 Å². The topological polar surface area (TPSA) is 106 Å². The van der Waals surface area contributed by atoms with Gasteiger partial charge in [-0.2, -0.15) is 5.01 Å². The summed E-state index contributed by atoms with van der Waals surface area (Å²) in [5, 5.41) is 11.7. The third-order valence-electron chi connectivity index (χ3n) is 3.33. The van der Waals surface area contributed by atoms with Crippen molar-refractivity contribution >= 4 is 51.9 Å². The summed E-state index contributed by atoms with van der Waals surface area (Å²) in [6.45, 7) is 1.28. The van der Waals surface area contributed by atoms with Crippen LogP contribution < -0.4 is 5.43 Å². The molecule has 1 saturated heterocycles. The molecule has 26 heavy (non-hydrogen) atoms. The van der Waals surface area contributed by atoms with Gasteiger partial charge in [0.05, 0.1) is 9.83 Å². The molecule has 10 heteroatoms. The molecule has 0 bridgehead atoms. The van der Waals surface area contributed by atoms with Gasteiger partial charge in [-0.05, 0) is 36.5 Å². The molecular formula is C16H11N3O5S2. The van der Waals surface area contributed by atoms with Gasteiger partial charge in [-0.1, -0.05) is 11.8 Å². The van der Waals surface area contributed by atoms with Gasteiger partial charge in [0.15, 0.2) is 4.32 Å². The van der Waals surface area contributed by atoms with Crippen LogP contribution in [0, 0.1) is 10.1 Å². The summed E-state index contributed by atoms with van der Waals surface area (Å²) in [6.07, 6.45) is 1.52. The summed E-state index contributed by atoms with van der Waals surface area (Å²) in [6, 6.07) is 9.30. The zero-order valence-corrected chi connectivity index (χ0v) is 14.9. The summed E-state index contributed by atoms with van der Waals surface area (Å²) in [4.78, 5) is 33.9. The fourth-order valence-electron chi connectivity index (χ4n) is 2.18. The zero-order valence-electron chi connectivity index (χ0n) is 13.3. The third-order valence-corrected chi connectivity index (χ3v) is 4.63. The van der Waals surface area contributed by atoms with E-state index < -0.39 is 16.7 Å². The van der Waals surface area contributed by atoms with E-state index in [2.05, 4.69) is 5.43 Å². The van der Waals surface area contributed by atoms with Crippen LogP contribution in [0.1, 0.15) is 12.7 Å². The van der Waals surface area contributed by atoms with Crippen LogP contribution in [0.5, 0.6) is 0 Å². The highest BCUT2D eigenvalue weighted by Gasteiger charge is 2.33. The van der Waals surface area contributed by atoms with E-state index in [1.807, 2.05) is 0 Å². The van der Waals surface area contributed by atoms with Gasteiger partial charge in [-0.25, -0.2) is 0 Å². The van der Waals surface area contributed by atoms with Crippen LogP contribution in [0.15, 0.2) is 45.7 Å². The van der Waals surface area contributed by atoms with E-state index in [4.69, 9.17) is 16.6 Å². The van der Waals surface area contributed by atoms with E-state index >= 15 is 0 Å². The van der Waals surface area contributed by atoms with Gasteiger partial charge in [0.1, 0.15) is 11.5 Å². The van der Waals surface area contributed by atoms with Gasteiger partial charge in [0.25, 0.3) is 11.6 Å². The van der Waals surface area contributed by atoms with Gasteiger partial charge >= 0.3 is 0 Å². The summed E-state index contributed by atoms with van der Waals surface area (Å²) in [7, 11) is 0. The number of carbonyl (C=O) groups excluding carboxylic acids is 2. The number of hydrogen-bond donors (Lipinski definition) is 1. The molecule has 1 fully saturated rings. The predicted octanol–water partition coefficient (Wildman–Crippen LogP) is 3.11. The number of nitro groups is 1. The van der Waals surface area contributed by atoms with E-state index in [1.165, 1.54) is 25.1 Å². The number of hydrazine groups is 1. The maximum absolute atomic E-state index is 12.3. The Morgan fingerprint density at radius 3 is 2.62 bits per heavy atom. The summed E-state index contributed by atoms with van der Waals surface area (Å²) in [5.74, 6) is 0.0784. The van der Waals surface area contributed by atoms with Gasteiger partial charge in [-0.15, -0.1) is 0 Å². The Labute approximate surface area is 157 Å². The molecule has 1 aliphatic heterocycles. The van der Waals surface area contributed by atoms with Crippen molar-refractivity contribution in [3.05, 3.63) is 57.2 Å². The molecule has 1 aromatic carbocycles. The van der Waals surface area contributed by atoms with Crippen LogP contribution in [-0.4, -0.2) is 26.1 Å². The number of non-ortho nitro benzene ring substituents is 1. The fraction of sp³-hybridized carbons (Fsp3) is 0.0625. The second kappa shape index (κ2) is 7.10. The lowest BCUT2D eigenvalue weighted by molar-refractivity contribution is -0.384. The Bertz CT molecular complexity index is 949. The SMILES string of the molecule is CC(=O)NN1C(=O)/C(=C/c2ccc(-c3ccc([N+](=O)[O-])cc3)o2)SC1=S. The maximum atomic E-state index is 12.3. The molecular weight excluding hydrogens is 378 g/mol. The molecule has 0 radical (unpaired) electrons. The molecule has 0 saturated carbocycles. The number of amides is 2. The Kier molecular flexibility index (Phi) is 4.87. The van der Waals surface area contributed by atoms with E-state index in [9.17, 15) is 19.7 Å². The van der Waals surface area contributed by atoms with Crippen LogP contribution in [0.25, 0.3) is 17.4 Å². The van der Waals surface area contributed by atoms with Gasteiger partial charge < -0.3 is 4.42 Å². The average molecular weight is 389 g/mol. The zero-order chi connectivity index (χ0) is 18.8. The minimum absolute atomic E-state index is 0.0119. The number of furan rings is 1. The molecule has 2 aromatic rings. The number of carbonyl (C=O) groups is 2. The van der Waals surface area contributed by atoms with Crippen molar-refractivity contribution in [3.8, 4) is 11.3 Å². The standard InChI is InChI=1S/C16H11N3O5S2/c1-9(20)17-18-15(21)14(26-16(18)25)8-12-6-7-13(24-12)10-2-4-11(5-3-10)19(22)23/h2-8H,1H3,(H,17,20)/b14-8-. The normalized spacial score (nSPS) is 15.6. The maximum Gasteiger partial charge on any atom is 0.285 e. The smallest absolute Gasteiger partial charge is 0.285 e. The molecule has 2 amide bonds. The summed E-state index contributed by atoms with van der Waals surface area (Å²) >= 11 is 6.12.